The predicted octanol–water partition coefficient (Wildman–Crippen LogP) is 3.45. The number of ether oxygens (including phenoxy) is 2. The summed E-state index contributed by atoms with van der Waals surface area (Å²) >= 11 is 0. The third-order valence-corrected chi connectivity index (χ3v) is 4.64. The molecule has 29 heavy (non-hydrogen) atoms. The number of aliphatic carboxylic acids is 1. The molecule has 0 saturated heterocycles. The molecule has 1 unspecified atom stereocenters. The van der Waals surface area contributed by atoms with Crippen LogP contribution in [0.1, 0.15) is 30.4 Å². The number of allylic oxidation sites excluding steroid dienone is 1. The van der Waals surface area contributed by atoms with Crippen molar-refractivity contribution in [3.05, 3.63) is 72.0 Å². The Morgan fingerprint density at radius 3 is 2.21 bits per heavy atom. The summed E-state index contributed by atoms with van der Waals surface area (Å²) in [4.78, 5) is 35.1. The highest BCUT2D eigenvalue weighted by Crippen LogP contribution is 2.44. The van der Waals surface area contributed by atoms with Crippen molar-refractivity contribution in [1.29, 1.82) is 0 Å². The van der Waals surface area contributed by atoms with Gasteiger partial charge < -0.3 is 19.9 Å². The molecule has 0 aliphatic heterocycles. The Kier molecular flexibility index (Phi) is 6.29. The number of esters is 1. The van der Waals surface area contributed by atoms with Crippen molar-refractivity contribution in [2.24, 2.45) is 0 Å². The number of nitrogens with one attached hydrogen (secondary N) is 1. The van der Waals surface area contributed by atoms with Crippen LogP contribution in [0.4, 0.5) is 4.79 Å². The van der Waals surface area contributed by atoms with Crippen LogP contribution < -0.4 is 5.32 Å². The molecule has 1 aliphatic rings. The smallest absolute Gasteiger partial charge is 0.407 e. The highest BCUT2D eigenvalue weighted by molar-refractivity contribution is 5.85. The lowest BCUT2D eigenvalue weighted by atomic mass is 9.98. The molecular weight excluding hydrogens is 374 g/mol. The Hall–Kier alpha value is -3.61. The second kappa shape index (κ2) is 9.05. The minimum absolute atomic E-state index is 0.0508. The van der Waals surface area contributed by atoms with Gasteiger partial charge in [0.05, 0.1) is 12.7 Å². The molecule has 2 N–H and O–H groups in total. The van der Waals surface area contributed by atoms with E-state index in [1.165, 1.54) is 6.08 Å². The molecule has 0 radical (unpaired) electrons. The lowest BCUT2D eigenvalue weighted by molar-refractivity contribution is -0.146. The van der Waals surface area contributed by atoms with Crippen LogP contribution in [-0.2, 0) is 19.1 Å². The highest BCUT2D eigenvalue weighted by Gasteiger charge is 2.30. The van der Waals surface area contributed by atoms with Crippen LogP contribution in [0, 0.1) is 0 Å². The predicted molar refractivity (Wildman–Crippen MR) is 105 cm³/mol. The molecule has 7 nitrogen and oxygen atoms in total. The van der Waals surface area contributed by atoms with E-state index in [0.29, 0.717) is 0 Å². The van der Waals surface area contributed by atoms with Crippen LogP contribution in [0.25, 0.3) is 11.1 Å². The molecule has 0 saturated carbocycles. The Bertz CT molecular complexity index is 906. The lowest BCUT2D eigenvalue weighted by Gasteiger charge is -2.17. The Labute approximate surface area is 167 Å². The van der Waals surface area contributed by atoms with Crippen molar-refractivity contribution in [3.8, 4) is 11.1 Å². The maximum Gasteiger partial charge on any atom is 0.407 e. The molecule has 0 spiro atoms. The Morgan fingerprint density at radius 2 is 1.66 bits per heavy atom. The number of carboxylic acids is 1. The van der Waals surface area contributed by atoms with Gasteiger partial charge in [0.25, 0.3) is 0 Å². The van der Waals surface area contributed by atoms with E-state index in [1.54, 1.807) is 6.92 Å². The molecule has 150 valence electrons. The fourth-order valence-electron chi connectivity index (χ4n) is 3.34. The largest absolute Gasteiger partial charge is 0.480 e. The zero-order chi connectivity index (χ0) is 20.8. The van der Waals surface area contributed by atoms with E-state index in [4.69, 9.17) is 9.47 Å². The number of fused-ring (bicyclic) bond motifs is 3. The normalized spacial score (nSPS) is 13.4. The van der Waals surface area contributed by atoms with Crippen LogP contribution in [0.5, 0.6) is 0 Å². The Balaban J connectivity index is 1.64. The van der Waals surface area contributed by atoms with Gasteiger partial charge in [-0.15, -0.1) is 0 Å². The fraction of sp³-hybridized carbons (Fsp3) is 0.227. The molecule has 1 aliphatic carbocycles. The second-order valence-corrected chi connectivity index (χ2v) is 6.52. The van der Waals surface area contributed by atoms with Crippen molar-refractivity contribution >= 4 is 18.0 Å². The standard InChI is InChI=1S/C22H21NO6/c1-2-11-28-20(24)12-19(21(25)26)23-22(27)29-13-18-16-9-5-3-7-14(16)15-8-4-6-10-17(15)18/h2-11,18-19H,12-13H2,1H3,(H,23,27)(H,25,26)/b11-2+. The molecule has 2 aromatic carbocycles. The van der Waals surface area contributed by atoms with E-state index in [-0.39, 0.29) is 12.5 Å². The van der Waals surface area contributed by atoms with Gasteiger partial charge in [-0.1, -0.05) is 54.6 Å². The van der Waals surface area contributed by atoms with E-state index < -0.39 is 30.5 Å². The molecule has 1 amide bonds. The molecule has 1 atom stereocenters. The first-order chi connectivity index (χ1) is 14.0. The molecule has 0 fully saturated rings. The number of rotatable bonds is 7. The number of hydrogen-bond donors (Lipinski definition) is 2. The lowest BCUT2D eigenvalue weighted by Crippen LogP contribution is -2.43. The molecule has 0 bridgehead atoms. The van der Waals surface area contributed by atoms with Gasteiger partial charge >= 0.3 is 18.0 Å². The molecule has 3 rings (SSSR count). The first-order valence-corrected chi connectivity index (χ1v) is 9.16. The van der Waals surface area contributed by atoms with Crippen LogP contribution in [0.3, 0.4) is 0 Å². The van der Waals surface area contributed by atoms with Crippen molar-refractivity contribution in [2.75, 3.05) is 6.61 Å². The number of benzene rings is 2. The van der Waals surface area contributed by atoms with E-state index in [9.17, 15) is 19.5 Å². The SMILES string of the molecule is C/C=C/OC(=O)CC(NC(=O)OCC1c2ccccc2-c2ccccc21)C(=O)O. The third kappa shape index (κ3) is 4.63. The van der Waals surface area contributed by atoms with Crippen molar-refractivity contribution < 1.29 is 29.0 Å². The minimum Gasteiger partial charge on any atom is -0.480 e. The van der Waals surface area contributed by atoms with Gasteiger partial charge in [-0.3, -0.25) is 4.79 Å². The molecule has 2 aromatic rings. The maximum atomic E-state index is 12.2. The molecule has 0 heterocycles. The van der Waals surface area contributed by atoms with Gasteiger partial charge in [0.2, 0.25) is 0 Å². The number of amides is 1. The quantitative estimate of drug-likeness (QED) is 0.550. The zero-order valence-corrected chi connectivity index (χ0v) is 15.8. The molecule has 0 aromatic heterocycles. The van der Waals surface area contributed by atoms with Crippen molar-refractivity contribution in [2.45, 2.75) is 25.3 Å². The number of carboxylic acid groups (broad SMARTS) is 1. The number of alkyl carbamates (subject to hydrolysis) is 1. The number of hydrogen-bond acceptors (Lipinski definition) is 5. The van der Waals surface area contributed by atoms with Crippen LogP contribution in [-0.4, -0.2) is 35.8 Å². The van der Waals surface area contributed by atoms with Gasteiger partial charge in [0.1, 0.15) is 12.6 Å². The van der Waals surface area contributed by atoms with Gasteiger partial charge in [-0.05, 0) is 29.2 Å². The maximum absolute atomic E-state index is 12.2. The van der Waals surface area contributed by atoms with Crippen molar-refractivity contribution in [3.63, 3.8) is 0 Å². The summed E-state index contributed by atoms with van der Waals surface area (Å²) in [5.41, 5.74) is 4.27. The molecular formula is C22H21NO6. The van der Waals surface area contributed by atoms with E-state index in [1.807, 2.05) is 48.5 Å². The highest BCUT2D eigenvalue weighted by atomic mass is 16.5. The summed E-state index contributed by atoms with van der Waals surface area (Å²) in [7, 11) is 0. The van der Waals surface area contributed by atoms with Crippen LogP contribution >= 0.6 is 0 Å². The Morgan fingerprint density at radius 1 is 1.07 bits per heavy atom. The summed E-state index contributed by atoms with van der Waals surface area (Å²) in [6.07, 6.45) is 1.23. The zero-order valence-electron chi connectivity index (χ0n) is 15.8. The van der Waals surface area contributed by atoms with Gasteiger partial charge in [-0.25, -0.2) is 9.59 Å². The number of carbonyl (C=O) groups is 3. The summed E-state index contributed by atoms with van der Waals surface area (Å²) in [5.74, 6) is -2.26. The second-order valence-electron chi connectivity index (χ2n) is 6.52. The first-order valence-electron chi connectivity index (χ1n) is 9.16. The van der Waals surface area contributed by atoms with Gasteiger partial charge in [0.15, 0.2) is 0 Å². The third-order valence-electron chi connectivity index (χ3n) is 4.64. The summed E-state index contributed by atoms with van der Waals surface area (Å²) in [6.45, 7) is 1.70. The van der Waals surface area contributed by atoms with Gasteiger partial charge in [0, 0.05) is 5.92 Å². The van der Waals surface area contributed by atoms with E-state index >= 15 is 0 Å². The van der Waals surface area contributed by atoms with Crippen LogP contribution in [0.15, 0.2) is 60.9 Å². The average Bonchev–Trinajstić information content (AvgIpc) is 3.04. The topological polar surface area (TPSA) is 102 Å². The summed E-state index contributed by atoms with van der Waals surface area (Å²) in [6, 6.07) is 14.3. The monoisotopic (exact) mass is 395 g/mol. The van der Waals surface area contributed by atoms with E-state index in [0.717, 1.165) is 28.5 Å². The first kappa shape index (κ1) is 20.1. The van der Waals surface area contributed by atoms with E-state index in [2.05, 4.69) is 5.32 Å². The molecule has 7 heteroatoms. The number of carbonyl (C=O) groups excluding carboxylic acids is 2. The average molecular weight is 395 g/mol. The summed E-state index contributed by atoms with van der Waals surface area (Å²) in [5, 5.41) is 11.5. The van der Waals surface area contributed by atoms with Crippen molar-refractivity contribution in [1.82, 2.24) is 5.32 Å². The minimum atomic E-state index is -1.44. The summed E-state index contributed by atoms with van der Waals surface area (Å²) < 4.78 is 10.0. The van der Waals surface area contributed by atoms with Gasteiger partial charge in [-0.2, -0.15) is 0 Å². The van der Waals surface area contributed by atoms with Crippen LogP contribution in [0.2, 0.25) is 0 Å². The fourth-order valence-corrected chi connectivity index (χ4v) is 3.34.